The maximum absolute atomic E-state index is 14.1. The number of halogens is 4. The Bertz CT molecular complexity index is 1070. The van der Waals surface area contributed by atoms with E-state index in [0.29, 0.717) is 11.3 Å². The Kier molecular flexibility index (Phi) is 4.82. The first-order chi connectivity index (χ1) is 14.0. The third-order valence-corrected chi connectivity index (χ3v) is 6.10. The third-order valence-electron chi connectivity index (χ3n) is 5.80. The largest absolute Gasteiger partial charge is 0.506 e. The van der Waals surface area contributed by atoms with E-state index >= 15 is 0 Å². The number of rotatable bonds is 2. The molecule has 0 unspecified atom stereocenters. The molecule has 158 valence electrons. The van der Waals surface area contributed by atoms with Crippen molar-refractivity contribution in [3.63, 3.8) is 0 Å². The number of nitroso groups, excluding NO2 is 1. The molecule has 1 aliphatic heterocycles. The van der Waals surface area contributed by atoms with E-state index in [4.69, 9.17) is 11.6 Å². The van der Waals surface area contributed by atoms with Crippen molar-refractivity contribution < 1.29 is 28.1 Å². The summed E-state index contributed by atoms with van der Waals surface area (Å²) < 4.78 is 43.0. The van der Waals surface area contributed by atoms with E-state index in [1.54, 1.807) is 30.4 Å². The Hall–Kier alpha value is -2.58. The van der Waals surface area contributed by atoms with E-state index < -0.39 is 30.2 Å². The molecule has 0 saturated carbocycles. The summed E-state index contributed by atoms with van der Waals surface area (Å²) in [7, 11) is 0. The molecule has 3 N–H and O–H groups in total. The summed E-state index contributed by atoms with van der Waals surface area (Å²) in [5.74, 6) is -1.08. The quantitative estimate of drug-likeness (QED) is 0.545. The minimum atomic E-state index is -4.94. The zero-order valence-corrected chi connectivity index (χ0v) is 16.6. The number of aliphatic hydroxyl groups is 1. The van der Waals surface area contributed by atoms with Crippen LogP contribution in [0.3, 0.4) is 0 Å². The fourth-order valence-corrected chi connectivity index (χ4v) is 4.54. The topological polar surface area (TPSA) is 72.6 Å². The van der Waals surface area contributed by atoms with E-state index in [0.717, 1.165) is 4.76 Å². The lowest BCUT2D eigenvalue weighted by atomic mass is 9.70. The predicted molar refractivity (Wildman–Crippen MR) is 107 cm³/mol. The second-order valence-electron chi connectivity index (χ2n) is 7.71. The average molecular weight is 440 g/mol. The molecule has 3 atom stereocenters. The maximum Gasteiger partial charge on any atom is 0.419 e. The van der Waals surface area contributed by atoms with Gasteiger partial charge in [-0.25, -0.2) is 0 Å². The molecule has 0 amide bonds. The molecular formula is C21H19ClF3N2O3+. The molecule has 0 spiro atoms. The van der Waals surface area contributed by atoms with Crippen LogP contribution < -0.4 is 5.32 Å². The monoisotopic (exact) mass is 439 g/mol. The van der Waals surface area contributed by atoms with Crippen LogP contribution in [0, 0.1) is 4.91 Å². The molecule has 1 heterocycles. The Labute approximate surface area is 175 Å². The summed E-state index contributed by atoms with van der Waals surface area (Å²) in [5.41, 5.74) is -1.71. The Morgan fingerprint density at radius 1 is 1.27 bits per heavy atom. The lowest BCUT2D eigenvalue weighted by molar-refractivity contribution is -0.452. The van der Waals surface area contributed by atoms with Crippen molar-refractivity contribution in [3.05, 3.63) is 63.0 Å². The molecule has 9 heteroatoms. The van der Waals surface area contributed by atoms with E-state index in [2.05, 4.69) is 5.32 Å². The standard InChI is InChI=1S/C21H18ClF3N2O3/c1-11-10-20(29,21(23,24)25)19(13-7-8-14(22)18(28)17(11)13)26-15-5-2-6-16-12(15)4-3-9-27(16)30/h2-8,11,19,26,29H,9-10H2,1H3/p+1/t11-,19+,20-/m0/s1. The molecule has 30 heavy (non-hydrogen) atoms. The highest BCUT2D eigenvalue weighted by Gasteiger charge is 2.62. The Morgan fingerprint density at radius 2 is 2.00 bits per heavy atom. The molecule has 2 aromatic carbocycles. The Balaban J connectivity index is 1.90. The summed E-state index contributed by atoms with van der Waals surface area (Å²) in [6, 6.07) is 5.76. The van der Waals surface area contributed by atoms with Gasteiger partial charge in [0.1, 0.15) is 5.75 Å². The van der Waals surface area contributed by atoms with Crippen molar-refractivity contribution in [2.75, 3.05) is 11.9 Å². The number of benzene rings is 2. The van der Waals surface area contributed by atoms with Crippen LogP contribution in [0.2, 0.25) is 5.02 Å². The van der Waals surface area contributed by atoms with Crippen molar-refractivity contribution in [2.45, 2.75) is 37.1 Å². The summed E-state index contributed by atoms with van der Waals surface area (Å²) in [6.45, 7) is 1.64. The van der Waals surface area contributed by atoms with E-state index in [9.17, 15) is 28.3 Å². The third kappa shape index (κ3) is 3.06. The highest BCUT2D eigenvalue weighted by molar-refractivity contribution is 6.32. The van der Waals surface area contributed by atoms with E-state index in [1.165, 1.54) is 19.1 Å². The normalized spacial score (nSPS) is 25.6. The zero-order valence-electron chi connectivity index (χ0n) is 15.9. The summed E-state index contributed by atoms with van der Waals surface area (Å²) in [5, 5.41) is 24.1. The highest BCUT2D eigenvalue weighted by atomic mass is 35.5. The first kappa shape index (κ1) is 20.7. The maximum atomic E-state index is 14.1. The molecule has 2 aliphatic rings. The van der Waals surface area contributed by atoms with Crippen LogP contribution in [0.15, 0.2) is 36.4 Å². The number of hydrogen-bond donors (Lipinski definition) is 3. The lowest BCUT2D eigenvalue weighted by Crippen LogP contribution is -2.55. The fraction of sp³-hybridized carbons (Fsp3) is 0.333. The van der Waals surface area contributed by atoms with Crippen LogP contribution in [0.25, 0.3) is 6.08 Å². The van der Waals surface area contributed by atoms with Crippen molar-refractivity contribution in [1.82, 2.24) is 0 Å². The molecule has 0 fully saturated rings. The van der Waals surface area contributed by atoms with Gasteiger partial charge in [-0.2, -0.15) is 13.2 Å². The van der Waals surface area contributed by atoms with Gasteiger partial charge in [-0.05, 0) is 42.2 Å². The molecule has 2 aromatic rings. The number of phenolic OH excluding ortho intramolecular Hbond substituents is 1. The van der Waals surface area contributed by atoms with Gasteiger partial charge in [-0.15, -0.1) is 0 Å². The summed E-state index contributed by atoms with van der Waals surface area (Å²) in [6.07, 6.45) is -2.34. The van der Waals surface area contributed by atoms with Gasteiger partial charge >= 0.3 is 6.18 Å². The average Bonchev–Trinajstić information content (AvgIpc) is 2.67. The number of phenols is 1. The Morgan fingerprint density at radius 3 is 2.70 bits per heavy atom. The SMILES string of the molecule is C[C@H]1C[C@@](O)(C(F)(F)F)[C@H](Nc2cccc3c2C=CC[N+]3=O)c2ccc(Cl)c(O)c21. The second-order valence-corrected chi connectivity index (χ2v) is 8.11. The van der Waals surface area contributed by atoms with Gasteiger partial charge in [-0.3, -0.25) is 0 Å². The number of aromatic hydroxyl groups is 1. The molecule has 0 radical (unpaired) electrons. The summed E-state index contributed by atoms with van der Waals surface area (Å²) >= 11 is 5.99. The minimum absolute atomic E-state index is 0.0267. The van der Waals surface area contributed by atoms with Gasteiger partial charge in [0.15, 0.2) is 5.60 Å². The van der Waals surface area contributed by atoms with Crippen molar-refractivity contribution in [1.29, 1.82) is 0 Å². The van der Waals surface area contributed by atoms with Gasteiger partial charge in [0.2, 0.25) is 6.54 Å². The molecule has 0 aromatic heterocycles. The summed E-state index contributed by atoms with van der Waals surface area (Å²) in [4.78, 5) is 12.1. The molecule has 0 saturated heterocycles. The van der Waals surface area contributed by atoms with Crippen molar-refractivity contribution in [3.8, 4) is 5.75 Å². The molecule has 4 rings (SSSR count). The molecular weight excluding hydrogens is 421 g/mol. The van der Waals surface area contributed by atoms with Crippen LogP contribution in [0.1, 0.15) is 42.0 Å². The van der Waals surface area contributed by atoms with Gasteiger partial charge in [0.25, 0.3) is 5.69 Å². The highest BCUT2D eigenvalue weighted by Crippen LogP contribution is 2.55. The zero-order chi connectivity index (χ0) is 21.8. The number of nitrogens with zero attached hydrogens (tertiary/aromatic N) is 1. The van der Waals surface area contributed by atoms with Crippen LogP contribution in [0.4, 0.5) is 24.5 Å². The van der Waals surface area contributed by atoms with Gasteiger partial charge in [-0.1, -0.05) is 30.7 Å². The number of fused-ring (bicyclic) bond motifs is 2. The predicted octanol–water partition coefficient (Wildman–Crippen LogP) is 5.44. The minimum Gasteiger partial charge on any atom is -0.506 e. The van der Waals surface area contributed by atoms with Crippen molar-refractivity contribution >= 4 is 29.1 Å². The lowest BCUT2D eigenvalue weighted by Gasteiger charge is -2.45. The first-order valence-electron chi connectivity index (χ1n) is 9.35. The first-order valence-corrected chi connectivity index (χ1v) is 9.73. The number of anilines is 1. The van der Waals surface area contributed by atoms with Gasteiger partial charge in [0, 0.05) is 27.0 Å². The molecule has 5 nitrogen and oxygen atoms in total. The molecule has 1 aliphatic carbocycles. The van der Waals surface area contributed by atoms with Crippen LogP contribution in [0.5, 0.6) is 5.75 Å². The van der Waals surface area contributed by atoms with Crippen LogP contribution in [-0.4, -0.2) is 33.3 Å². The van der Waals surface area contributed by atoms with E-state index in [1.807, 2.05) is 0 Å². The fourth-order valence-electron chi connectivity index (χ4n) is 4.38. The second kappa shape index (κ2) is 6.99. The number of alkyl halides is 3. The number of hydrogen-bond acceptors (Lipinski definition) is 4. The van der Waals surface area contributed by atoms with Crippen LogP contribution >= 0.6 is 11.6 Å². The van der Waals surface area contributed by atoms with Crippen molar-refractivity contribution in [2.24, 2.45) is 0 Å². The molecule has 0 bridgehead atoms. The van der Waals surface area contributed by atoms with Gasteiger partial charge < -0.3 is 15.5 Å². The van der Waals surface area contributed by atoms with E-state index in [-0.39, 0.29) is 34.1 Å². The van der Waals surface area contributed by atoms with Crippen LogP contribution in [-0.2, 0) is 0 Å². The smallest absolute Gasteiger partial charge is 0.419 e. The number of nitrogens with one attached hydrogen (secondary N) is 1. The van der Waals surface area contributed by atoms with Gasteiger partial charge in [0.05, 0.1) is 16.6 Å².